The van der Waals surface area contributed by atoms with Crippen LogP contribution in [0.25, 0.3) is 0 Å². The molecule has 6 heteroatoms. The summed E-state index contributed by atoms with van der Waals surface area (Å²) in [5, 5.41) is 12.3. The number of aromatic nitrogens is 2. The Labute approximate surface area is 104 Å². The highest BCUT2D eigenvalue weighted by molar-refractivity contribution is 6.29. The largest absolute Gasteiger partial charge is 0.481 e. The van der Waals surface area contributed by atoms with Gasteiger partial charge in [0.2, 0.25) is 0 Å². The van der Waals surface area contributed by atoms with Crippen molar-refractivity contribution in [2.24, 2.45) is 5.41 Å². The standard InChI is InChI=1S/C11H14ClN3O2/c12-8-5-13-6-9(15-8)14-7-11(2-1-3-11)4-10(16)17/h5-6H,1-4,7H2,(H,14,15)(H,16,17). The molecular formula is C11H14ClN3O2. The second kappa shape index (κ2) is 4.87. The Hall–Kier alpha value is -1.36. The lowest BCUT2D eigenvalue weighted by Crippen LogP contribution is -2.38. The van der Waals surface area contributed by atoms with E-state index in [1.165, 1.54) is 6.20 Å². The minimum absolute atomic E-state index is 0.129. The van der Waals surface area contributed by atoms with Crippen molar-refractivity contribution in [1.82, 2.24) is 9.97 Å². The lowest BCUT2D eigenvalue weighted by atomic mass is 9.66. The van der Waals surface area contributed by atoms with Crippen molar-refractivity contribution in [3.63, 3.8) is 0 Å². The van der Waals surface area contributed by atoms with Gasteiger partial charge in [-0.3, -0.25) is 9.78 Å². The first-order chi connectivity index (χ1) is 8.10. The van der Waals surface area contributed by atoms with Gasteiger partial charge >= 0.3 is 5.97 Å². The topological polar surface area (TPSA) is 75.1 Å². The summed E-state index contributed by atoms with van der Waals surface area (Å²) in [7, 11) is 0. The summed E-state index contributed by atoms with van der Waals surface area (Å²) in [6.45, 7) is 0.605. The summed E-state index contributed by atoms with van der Waals surface area (Å²) < 4.78 is 0. The fraction of sp³-hybridized carbons (Fsp3) is 0.545. The first kappa shape index (κ1) is 12.1. The van der Waals surface area contributed by atoms with Crippen molar-refractivity contribution in [3.8, 4) is 0 Å². The fourth-order valence-electron chi connectivity index (χ4n) is 2.12. The molecule has 1 aliphatic rings. The number of aliphatic carboxylic acids is 1. The number of carboxylic acids is 1. The molecule has 2 rings (SSSR count). The Bertz CT molecular complexity index is 421. The van der Waals surface area contributed by atoms with E-state index in [4.69, 9.17) is 16.7 Å². The average molecular weight is 256 g/mol. The molecule has 0 spiro atoms. The molecule has 17 heavy (non-hydrogen) atoms. The van der Waals surface area contributed by atoms with Crippen molar-refractivity contribution < 1.29 is 9.90 Å². The van der Waals surface area contributed by atoms with E-state index in [1.54, 1.807) is 6.20 Å². The van der Waals surface area contributed by atoms with Crippen LogP contribution in [0.1, 0.15) is 25.7 Å². The van der Waals surface area contributed by atoms with Crippen LogP contribution in [0.3, 0.4) is 0 Å². The number of anilines is 1. The number of hydrogen-bond acceptors (Lipinski definition) is 4. The third-order valence-corrected chi connectivity index (χ3v) is 3.37. The van der Waals surface area contributed by atoms with E-state index in [9.17, 15) is 4.79 Å². The van der Waals surface area contributed by atoms with E-state index in [0.29, 0.717) is 17.5 Å². The lowest BCUT2D eigenvalue weighted by Gasteiger charge is -2.40. The summed E-state index contributed by atoms with van der Waals surface area (Å²) in [6, 6.07) is 0. The van der Waals surface area contributed by atoms with Crippen molar-refractivity contribution in [3.05, 3.63) is 17.5 Å². The molecular weight excluding hydrogens is 242 g/mol. The first-order valence-electron chi connectivity index (χ1n) is 5.53. The maximum absolute atomic E-state index is 10.8. The van der Waals surface area contributed by atoms with Crippen molar-refractivity contribution in [2.75, 3.05) is 11.9 Å². The molecule has 1 fully saturated rings. The van der Waals surface area contributed by atoms with Gasteiger partial charge in [-0.15, -0.1) is 0 Å². The summed E-state index contributed by atoms with van der Waals surface area (Å²) >= 11 is 5.72. The van der Waals surface area contributed by atoms with E-state index in [0.717, 1.165) is 19.3 Å². The molecule has 1 aromatic rings. The molecule has 0 radical (unpaired) electrons. The molecule has 0 unspecified atom stereocenters. The molecule has 0 aromatic carbocycles. The number of rotatable bonds is 5. The minimum atomic E-state index is -0.747. The van der Waals surface area contributed by atoms with Crippen LogP contribution in [0.15, 0.2) is 12.4 Å². The molecule has 92 valence electrons. The fourth-order valence-corrected chi connectivity index (χ4v) is 2.27. The Morgan fingerprint density at radius 1 is 1.53 bits per heavy atom. The predicted molar refractivity (Wildman–Crippen MR) is 64.1 cm³/mol. The molecule has 1 aliphatic carbocycles. The van der Waals surface area contributed by atoms with Gasteiger partial charge in [0, 0.05) is 6.54 Å². The molecule has 2 N–H and O–H groups in total. The summed E-state index contributed by atoms with van der Waals surface area (Å²) in [6.07, 6.45) is 6.23. The predicted octanol–water partition coefficient (Wildman–Crippen LogP) is 2.19. The molecule has 0 saturated heterocycles. The minimum Gasteiger partial charge on any atom is -0.481 e. The van der Waals surface area contributed by atoms with Crippen LogP contribution < -0.4 is 5.32 Å². The molecule has 1 aromatic heterocycles. The second-order valence-corrected chi connectivity index (χ2v) is 4.89. The number of hydrogen-bond donors (Lipinski definition) is 2. The molecule has 0 bridgehead atoms. The maximum Gasteiger partial charge on any atom is 0.303 e. The van der Waals surface area contributed by atoms with Gasteiger partial charge in [-0.2, -0.15) is 0 Å². The number of nitrogens with zero attached hydrogens (tertiary/aromatic N) is 2. The number of nitrogens with one attached hydrogen (secondary N) is 1. The van der Waals surface area contributed by atoms with Gasteiger partial charge in [0.05, 0.1) is 18.8 Å². The number of carbonyl (C=O) groups is 1. The van der Waals surface area contributed by atoms with E-state index in [-0.39, 0.29) is 11.8 Å². The summed E-state index contributed by atoms with van der Waals surface area (Å²) in [4.78, 5) is 18.8. The monoisotopic (exact) mass is 255 g/mol. The Morgan fingerprint density at radius 3 is 2.82 bits per heavy atom. The number of carboxylic acid groups (broad SMARTS) is 1. The Balaban J connectivity index is 1.94. The molecule has 1 heterocycles. The van der Waals surface area contributed by atoms with Gasteiger partial charge in [0.1, 0.15) is 11.0 Å². The van der Waals surface area contributed by atoms with Crippen LogP contribution in [-0.2, 0) is 4.79 Å². The van der Waals surface area contributed by atoms with Crippen molar-refractivity contribution in [1.29, 1.82) is 0 Å². The average Bonchev–Trinajstić information content (AvgIpc) is 2.21. The second-order valence-electron chi connectivity index (χ2n) is 4.50. The zero-order valence-electron chi connectivity index (χ0n) is 9.32. The molecule has 5 nitrogen and oxygen atoms in total. The van der Waals surface area contributed by atoms with Crippen LogP contribution in [0, 0.1) is 5.41 Å². The van der Waals surface area contributed by atoms with Gasteiger partial charge in [0.25, 0.3) is 0 Å². The lowest BCUT2D eigenvalue weighted by molar-refractivity contribution is -0.141. The maximum atomic E-state index is 10.8. The SMILES string of the molecule is O=C(O)CC1(CNc2cncc(Cl)n2)CCC1. The van der Waals surface area contributed by atoms with Crippen LogP contribution >= 0.6 is 11.6 Å². The third kappa shape index (κ3) is 3.06. The normalized spacial score (nSPS) is 17.2. The zero-order chi connectivity index (χ0) is 12.3. The first-order valence-corrected chi connectivity index (χ1v) is 5.91. The van der Waals surface area contributed by atoms with Crippen LogP contribution in [-0.4, -0.2) is 27.6 Å². The van der Waals surface area contributed by atoms with E-state index in [2.05, 4.69) is 15.3 Å². The van der Waals surface area contributed by atoms with E-state index in [1.807, 2.05) is 0 Å². The highest BCUT2D eigenvalue weighted by Gasteiger charge is 2.38. The zero-order valence-corrected chi connectivity index (χ0v) is 10.1. The third-order valence-electron chi connectivity index (χ3n) is 3.19. The smallest absolute Gasteiger partial charge is 0.303 e. The van der Waals surface area contributed by atoms with Crippen LogP contribution in [0.2, 0.25) is 5.15 Å². The van der Waals surface area contributed by atoms with E-state index >= 15 is 0 Å². The quantitative estimate of drug-likeness (QED) is 0.844. The Morgan fingerprint density at radius 2 is 2.29 bits per heavy atom. The van der Waals surface area contributed by atoms with Gasteiger partial charge in [0.15, 0.2) is 0 Å². The highest BCUT2D eigenvalue weighted by Crippen LogP contribution is 2.43. The molecule has 0 amide bonds. The van der Waals surface area contributed by atoms with Gasteiger partial charge in [-0.1, -0.05) is 18.0 Å². The van der Waals surface area contributed by atoms with Crippen molar-refractivity contribution >= 4 is 23.4 Å². The van der Waals surface area contributed by atoms with Gasteiger partial charge in [-0.05, 0) is 18.3 Å². The number of halogens is 1. The van der Waals surface area contributed by atoms with E-state index < -0.39 is 5.97 Å². The summed E-state index contributed by atoms with van der Waals surface area (Å²) in [5.74, 6) is -0.155. The van der Waals surface area contributed by atoms with Gasteiger partial charge in [-0.25, -0.2) is 4.98 Å². The summed E-state index contributed by atoms with van der Waals surface area (Å²) in [5.41, 5.74) is -0.129. The van der Waals surface area contributed by atoms with Crippen LogP contribution in [0.4, 0.5) is 5.82 Å². The highest BCUT2D eigenvalue weighted by atomic mass is 35.5. The molecule has 0 aliphatic heterocycles. The van der Waals surface area contributed by atoms with Crippen LogP contribution in [0.5, 0.6) is 0 Å². The molecule has 1 saturated carbocycles. The van der Waals surface area contributed by atoms with Crippen molar-refractivity contribution in [2.45, 2.75) is 25.7 Å². The Kier molecular flexibility index (Phi) is 3.47. The molecule has 0 atom stereocenters. The van der Waals surface area contributed by atoms with Gasteiger partial charge < -0.3 is 10.4 Å².